The van der Waals surface area contributed by atoms with E-state index in [0.717, 1.165) is 11.4 Å². The molecule has 17 heavy (non-hydrogen) atoms. The van der Waals surface area contributed by atoms with Gasteiger partial charge in [0.2, 0.25) is 0 Å². The van der Waals surface area contributed by atoms with Gasteiger partial charge in [-0.1, -0.05) is 6.92 Å². The number of carbonyl (C=O) groups is 1. The zero-order valence-electron chi connectivity index (χ0n) is 10.5. The largest absolute Gasteiger partial charge is 0.463 e. The Balaban J connectivity index is 2.67. The van der Waals surface area contributed by atoms with Crippen LogP contribution in [0.4, 0.5) is 5.69 Å². The summed E-state index contributed by atoms with van der Waals surface area (Å²) in [5.41, 5.74) is 2.43. The normalized spacial score (nSPS) is 11.1. The van der Waals surface area contributed by atoms with Gasteiger partial charge in [0.1, 0.15) is 0 Å². The van der Waals surface area contributed by atoms with E-state index < -0.39 is 0 Å². The van der Waals surface area contributed by atoms with Gasteiger partial charge < -0.3 is 10.1 Å². The molecule has 0 atom stereocenters. The Hall–Kier alpha value is -1.84. The Morgan fingerprint density at radius 1 is 1.47 bits per heavy atom. The monoisotopic (exact) mass is 234 g/mol. The Labute approximate surface area is 102 Å². The van der Waals surface area contributed by atoms with E-state index in [2.05, 4.69) is 10.3 Å². The molecule has 1 rings (SSSR count). The summed E-state index contributed by atoms with van der Waals surface area (Å²) in [5.74, 6) is -0.275. The number of rotatable bonds is 5. The highest BCUT2D eigenvalue weighted by molar-refractivity contribution is 5.88. The summed E-state index contributed by atoms with van der Waals surface area (Å²) < 4.78 is 4.94. The van der Waals surface area contributed by atoms with Gasteiger partial charge in [-0.15, -0.1) is 0 Å². The molecule has 0 unspecified atom stereocenters. The summed E-state index contributed by atoms with van der Waals surface area (Å²) in [4.78, 5) is 15.7. The zero-order valence-corrected chi connectivity index (χ0v) is 10.5. The molecule has 0 saturated carbocycles. The van der Waals surface area contributed by atoms with Crippen molar-refractivity contribution in [2.75, 3.05) is 11.9 Å². The zero-order chi connectivity index (χ0) is 12.7. The van der Waals surface area contributed by atoms with Gasteiger partial charge in [0.15, 0.2) is 0 Å². The number of aromatic nitrogens is 1. The summed E-state index contributed by atoms with van der Waals surface area (Å²) in [6, 6.07) is 3.82. The van der Waals surface area contributed by atoms with Crippen molar-refractivity contribution in [3.05, 3.63) is 35.8 Å². The molecule has 0 spiro atoms. The Morgan fingerprint density at radius 3 is 2.76 bits per heavy atom. The second kappa shape index (κ2) is 6.68. The first-order valence-corrected chi connectivity index (χ1v) is 5.72. The molecule has 0 radical (unpaired) electrons. The minimum Gasteiger partial charge on any atom is -0.463 e. The molecule has 0 aromatic carbocycles. The molecule has 0 aliphatic heterocycles. The van der Waals surface area contributed by atoms with Crippen molar-refractivity contribution in [2.45, 2.75) is 27.2 Å². The van der Waals surface area contributed by atoms with Crippen LogP contribution >= 0.6 is 0 Å². The lowest BCUT2D eigenvalue weighted by Gasteiger charge is -2.06. The number of aryl methyl sites for hydroxylation is 1. The maximum atomic E-state index is 11.5. The molecule has 4 heteroatoms. The van der Waals surface area contributed by atoms with Crippen LogP contribution in [-0.2, 0) is 9.53 Å². The van der Waals surface area contributed by atoms with E-state index in [1.54, 1.807) is 19.3 Å². The quantitative estimate of drug-likeness (QED) is 0.628. The molecule has 0 amide bonds. The van der Waals surface area contributed by atoms with Crippen LogP contribution in [0.15, 0.2) is 30.1 Å². The smallest absolute Gasteiger partial charge is 0.335 e. The average Bonchev–Trinajstić information content (AvgIpc) is 2.32. The first-order chi connectivity index (χ1) is 8.17. The third-order valence-corrected chi connectivity index (χ3v) is 2.24. The third kappa shape index (κ3) is 4.26. The van der Waals surface area contributed by atoms with Crippen molar-refractivity contribution in [1.82, 2.24) is 4.98 Å². The van der Waals surface area contributed by atoms with Gasteiger partial charge in [-0.05, 0) is 32.4 Å². The molecule has 1 aromatic rings. The van der Waals surface area contributed by atoms with E-state index in [0.29, 0.717) is 18.6 Å². The molecule has 4 nitrogen and oxygen atoms in total. The van der Waals surface area contributed by atoms with Gasteiger partial charge in [0.25, 0.3) is 0 Å². The van der Waals surface area contributed by atoms with E-state index in [4.69, 9.17) is 4.74 Å². The van der Waals surface area contributed by atoms with E-state index in [-0.39, 0.29) is 5.97 Å². The number of nitrogens with zero attached hydrogens (tertiary/aromatic N) is 1. The highest BCUT2D eigenvalue weighted by Gasteiger charge is 2.07. The van der Waals surface area contributed by atoms with Gasteiger partial charge in [0.05, 0.1) is 24.1 Å². The van der Waals surface area contributed by atoms with Gasteiger partial charge in [-0.3, -0.25) is 4.98 Å². The highest BCUT2D eigenvalue weighted by Crippen LogP contribution is 2.08. The van der Waals surface area contributed by atoms with Gasteiger partial charge in [-0.25, -0.2) is 4.79 Å². The fourth-order valence-corrected chi connectivity index (χ4v) is 1.25. The Kier molecular flexibility index (Phi) is 5.20. The van der Waals surface area contributed by atoms with Crippen LogP contribution in [0.1, 0.15) is 26.0 Å². The van der Waals surface area contributed by atoms with Crippen LogP contribution in [0.25, 0.3) is 0 Å². The lowest BCUT2D eigenvalue weighted by molar-refractivity contribution is -0.138. The number of hydrogen-bond acceptors (Lipinski definition) is 4. The second-order valence-corrected chi connectivity index (χ2v) is 3.58. The fourth-order valence-electron chi connectivity index (χ4n) is 1.25. The molecule has 0 bridgehead atoms. The first kappa shape index (κ1) is 13.2. The maximum Gasteiger partial charge on any atom is 0.335 e. The average molecular weight is 234 g/mol. The summed E-state index contributed by atoms with van der Waals surface area (Å²) in [5, 5.41) is 3.04. The Bertz CT molecular complexity index is 396. The summed E-state index contributed by atoms with van der Waals surface area (Å²) in [6.07, 6.45) is 4.03. The molecule has 0 aliphatic carbocycles. The molecule has 0 fully saturated rings. The van der Waals surface area contributed by atoms with Crippen molar-refractivity contribution < 1.29 is 9.53 Å². The van der Waals surface area contributed by atoms with Crippen molar-refractivity contribution in [2.24, 2.45) is 0 Å². The summed E-state index contributed by atoms with van der Waals surface area (Å²) in [7, 11) is 0. The summed E-state index contributed by atoms with van der Waals surface area (Å²) in [6.45, 7) is 6.03. The van der Waals surface area contributed by atoms with Gasteiger partial charge >= 0.3 is 5.97 Å². The molecular weight excluding hydrogens is 216 g/mol. The maximum absolute atomic E-state index is 11.5. The number of pyridine rings is 1. The van der Waals surface area contributed by atoms with Crippen molar-refractivity contribution >= 4 is 11.7 Å². The van der Waals surface area contributed by atoms with Crippen LogP contribution in [0, 0.1) is 6.92 Å². The van der Waals surface area contributed by atoms with Gasteiger partial charge in [-0.2, -0.15) is 0 Å². The molecule has 1 aromatic heterocycles. The minimum atomic E-state index is -0.275. The predicted molar refractivity (Wildman–Crippen MR) is 67.6 cm³/mol. The lowest BCUT2D eigenvalue weighted by atomic mass is 10.2. The number of nitrogens with one attached hydrogen (secondary N) is 1. The minimum absolute atomic E-state index is 0.275. The SMILES string of the molecule is CCOC(=O)/C(=C\Nc1ccc(C)nc1)CC. The van der Waals surface area contributed by atoms with E-state index in [1.807, 2.05) is 26.0 Å². The number of anilines is 1. The third-order valence-electron chi connectivity index (χ3n) is 2.24. The van der Waals surface area contributed by atoms with Crippen LogP contribution in [0.5, 0.6) is 0 Å². The highest BCUT2D eigenvalue weighted by atomic mass is 16.5. The number of hydrogen-bond donors (Lipinski definition) is 1. The van der Waals surface area contributed by atoms with Crippen LogP contribution in [-0.4, -0.2) is 17.6 Å². The standard InChI is InChI=1S/C13H18N2O2/c1-4-11(13(16)17-5-2)8-15-12-7-6-10(3)14-9-12/h6-9,15H,4-5H2,1-3H3/b11-8-. The molecule has 0 aliphatic rings. The van der Waals surface area contributed by atoms with Crippen LogP contribution in [0.3, 0.4) is 0 Å². The van der Waals surface area contributed by atoms with Crippen LogP contribution < -0.4 is 5.32 Å². The fraction of sp³-hybridized carbons (Fsp3) is 0.385. The summed E-state index contributed by atoms with van der Waals surface area (Å²) >= 11 is 0. The van der Waals surface area contributed by atoms with Crippen molar-refractivity contribution in [3.63, 3.8) is 0 Å². The van der Waals surface area contributed by atoms with Crippen molar-refractivity contribution in [3.8, 4) is 0 Å². The Morgan fingerprint density at radius 2 is 2.24 bits per heavy atom. The second-order valence-electron chi connectivity index (χ2n) is 3.58. The van der Waals surface area contributed by atoms with Crippen molar-refractivity contribution in [1.29, 1.82) is 0 Å². The molecule has 1 N–H and O–H groups in total. The first-order valence-electron chi connectivity index (χ1n) is 5.72. The molecule has 1 heterocycles. The van der Waals surface area contributed by atoms with E-state index >= 15 is 0 Å². The molecule has 0 saturated heterocycles. The van der Waals surface area contributed by atoms with E-state index in [9.17, 15) is 4.79 Å². The number of ether oxygens (including phenoxy) is 1. The van der Waals surface area contributed by atoms with Crippen LogP contribution in [0.2, 0.25) is 0 Å². The lowest BCUT2D eigenvalue weighted by Crippen LogP contribution is -2.08. The molecular formula is C13H18N2O2. The topological polar surface area (TPSA) is 51.2 Å². The number of carbonyl (C=O) groups excluding carboxylic acids is 1. The predicted octanol–water partition coefficient (Wildman–Crippen LogP) is 2.66. The number of esters is 1. The van der Waals surface area contributed by atoms with E-state index in [1.165, 1.54) is 0 Å². The molecule has 92 valence electrons. The van der Waals surface area contributed by atoms with Gasteiger partial charge in [0, 0.05) is 11.9 Å².